The fourth-order valence-electron chi connectivity index (χ4n) is 5.10. The van der Waals surface area contributed by atoms with Gasteiger partial charge < -0.3 is 15.2 Å². The van der Waals surface area contributed by atoms with Gasteiger partial charge in [-0.05, 0) is 86.4 Å². The summed E-state index contributed by atoms with van der Waals surface area (Å²) in [7, 11) is -4.05. The Balaban J connectivity index is 1.36. The number of anilines is 1. The van der Waals surface area contributed by atoms with Gasteiger partial charge >= 0.3 is 5.97 Å². The van der Waals surface area contributed by atoms with Crippen molar-refractivity contribution in [3.8, 4) is 5.75 Å². The zero-order valence-corrected chi connectivity index (χ0v) is 20.2. The number of benzene rings is 2. The Morgan fingerprint density at radius 2 is 1.88 bits per heavy atom. The van der Waals surface area contributed by atoms with Crippen molar-refractivity contribution < 1.29 is 27.9 Å². The van der Waals surface area contributed by atoms with Gasteiger partial charge in [0.15, 0.2) is 6.61 Å². The van der Waals surface area contributed by atoms with Gasteiger partial charge in [-0.2, -0.15) is 0 Å². The number of fused-ring (bicyclic) bond motifs is 2. The smallest absolute Gasteiger partial charge is 0.342 e. The predicted octanol–water partition coefficient (Wildman–Crippen LogP) is 3.94. The summed E-state index contributed by atoms with van der Waals surface area (Å²) >= 11 is 5.82. The number of phenolic OH excluding ortho intramolecular Hbond substituents is 1. The van der Waals surface area contributed by atoms with Crippen LogP contribution in [0.1, 0.15) is 43.0 Å². The normalized spacial score (nSPS) is 22.2. The van der Waals surface area contributed by atoms with Crippen molar-refractivity contribution in [1.29, 1.82) is 0 Å². The molecule has 2 aliphatic rings. The Morgan fingerprint density at radius 3 is 2.53 bits per heavy atom. The van der Waals surface area contributed by atoms with Crippen LogP contribution in [0.4, 0.5) is 5.69 Å². The van der Waals surface area contributed by atoms with E-state index in [-0.39, 0.29) is 22.2 Å². The molecular formula is C24H27ClN2O6S. The van der Waals surface area contributed by atoms with Crippen LogP contribution >= 0.6 is 11.6 Å². The van der Waals surface area contributed by atoms with Crippen LogP contribution < -0.4 is 10.0 Å². The number of aromatic hydroxyl groups is 1. The summed E-state index contributed by atoms with van der Waals surface area (Å²) in [5, 5.41) is 13.4. The molecule has 3 N–H and O–H groups in total. The minimum atomic E-state index is -4.05. The lowest BCUT2D eigenvalue weighted by molar-refractivity contribution is -0.125. The second-order valence-corrected chi connectivity index (χ2v) is 11.2. The molecule has 0 spiro atoms. The number of esters is 1. The van der Waals surface area contributed by atoms with Crippen LogP contribution in [0.15, 0.2) is 47.4 Å². The van der Waals surface area contributed by atoms with Crippen molar-refractivity contribution in [2.45, 2.75) is 43.5 Å². The first-order valence-electron chi connectivity index (χ1n) is 11.2. The summed E-state index contributed by atoms with van der Waals surface area (Å²) in [5.74, 6) is -0.0393. The molecule has 10 heteroatoms. The average molecular weight is 507 g/mol. The third-order valence-corrected chi connectivity index (χ3v) is 8.38. The standard InChI is InChI=1S/C24H27ClN2O6S/c1-14(20-11-15-2-3-16(20)10-15)26-23(29)13-33-24(30)21-12-19(8-9-22(21)28)34(31,32)27-18-6-4-17(25)5-7-18/h4-9,12,14-16,20,27-28H,2-3,10-11,13H2,1H3,(H,26,29)/t14-,15+,16+,20-/m1/s1. The van der Waals surface area contributed by atoms with Crippen molar-refractivity contribution >= 4 is 39.2 Å². The van der Waals surface area contributed by atoms with Gasteiger partial charge in [0.1, 0.15) is 11.3 Å². The largest absolute Gasteiger partial charge is 0.507 e. The monoisotopic (exact) mass is 506 g/mol. The van der Waals surface area contributed by atoms with Crippen LogP contribution in [0.2, 0.25) is 5.02 Å². The highest BCUT2D eigenvalue weighted by atomic mass is 35.5. The molecule has 0 heterocycles. The minimum absolute atomic E-state index is 0.0117. The van der Waals surface area contributed by atoms with E-state index >= 15 is 0 Å². The SMILES string of the molecule is C[C@@H](NC(=O)COC(=O)c1cc(S(=O)(=O)Nc2ccc(Cl)cc2)ccc1O)[C@H]1C[C@H]2CC[C@H]1C2. The van der Waals surface area contributed by atoms with Gasteiger partial charge in [0, 0.05) is 16.8 Å². The van der Waals surface area contributed by atoms with Crippen LogP contribution in [0.25, 0.3) is 0 Å². The second-order valence-electron chi connectivity index (χ2n) is 9.06. The summed E-state index contributed by atoms with van der Waals surface area (Å²) in [5.41, 5.74) is -0.0733. The zero-order chi connectivity index (χ0) is 24.5. The van der Waals surface area contributed by atoms with Gasteiger partial charge in [-0.1, -0.05) is 18.0 Å². The fraction of sp³-hybridized carbons (Fsp3) is 0.417. The Kier molecular flexibility index (Phi) is 7.04. The Labute approximate surface area is 203 Å². The molecule has 2 aliphatic carbocycles. The number of rotatable bonds is 8. The van der Waals surface area contributed by atoms with E-state index in [1.165, 1.54) is 43.5 Å². The van der Waals surface area contributed by atoms with Gasteiger partial charge in [0.05, 0.1) is 4.90 Å². The number of hydrogen-bond donors (Lipinski definition) is 3. The van der Waals surface area contributed by atoms with Crippen molar-refractivity contribution in [2.24, 2.45) is 17.8 Å². The Morgan fingerprint density at radius 1 is 1.15 bits per heavy atom. The van der Waals surface area contributed by atoms with E-state index in [1.54, 1.807) is 0 Å². The molecule has 2 saturated carbocycles. The molecule has 182 valence electrons. The Hall–Kier alpha value is -2.78. The highest BCUT2D eigenvalue weighted by Gasteiger charge is 2.42. The van der Waals surface area contributed by atoms with Gasteiger partial charge in [-0.15, -0.1) is 0 Å². The number of phenols is 1. The number of ether oxygens (including phenoxy) is 1. The zero-order valence-electron chi connectivity index (χ0n) is 18.7. The minimum Gasteiger partial charge on any atom is -0.507 e. The quantitative estimate of drug-likeness (QED) is 0.466. The van der Waals surface area contributed by atoms with Gasteiger partial charge in [0.2, 0.25) is 0 Å². The molecule has 0 unspecified atom stereocenters. The molecule has 0 radical (unpaired) electrons. The Bertz CT molecular complexity index is 1180. The van der Waals surface area contributed by atoms with Gasteiger partial charge in [0.25, 0.3) is 15.9 Å². The second kappa shape index (κ2) is 9.84. The summed E-state index contributed by atoms with van der Waals surface area (Å²) < 4.78 is 32.8. The van der Waals surface area contributed by atoms with Crippen LogP contribution in [0.3, 0.4) is 0 Å². The highest BCUT2D eigenvalue weighted by Crippen LogP contribution is 2.49. The molecule has 0 saturated heterocycles. The third kappa shape index (κ3) is 5.47. The molecule has 8 nitrogen and oxygen atoms in total. The number of hydrogen-bond acceptors (Lipinski definition) is 6. The van der Waals surface area contributed by atoms with E-state index in [0.717, 1.165) is 30.5 Å². The number of sulfonamides is 1. The number of carbonyl (C=O) groups is 2. The lowest BCUT2D eigenvalue weighted by Crippen LogP contribution is -2.42. The fourth-order valence-corrected chi connectivity index (χ4v) is 6.31. The van der Waals surface area contributed by atoms with E-state index in [0.29, 0.717) is 16.9 Å². The first kappa shape index (κ1) is 24.3. The number of amides is 1. The molecule has 4 rings (SSSR count). The molecule has 0 aliphatic heterocycles. The molecular weight excluding hydrogens is 480 g/mol. The van der Waals surface area contributed by atoms with Gasteiger partial charge in [-0.3, -0.25) is 9.52 Å². The van der Waals surface area contributed by atoms with Crippen LogP contribution in [0, 0.1) is 17.8 Å². The number of carbonyl (C=O) groups excluding carboxylic acids is 2. The van der Waals surface area contributed by atoms with E-state index < -0.39 is 34.3 Å². The molecule has 4 atom stereocenters. The van der Waals surface area contributed by atoms with Crippen LogP contribution in [-0.2, 0) is 19.6 Å². The van der Waals surface area contributed by atoms with Crippen molar-refractivity contribution in [3.63, 3.8) is 0 Å². The van der Waals surface area contributed by atoms with Crippen LogP contribution in [0.5, 0.6) is 5.75 Å². The maximum Gasteiger partial charge on any atom is 0.342 e. The van der Waals surface area contributed by atoms with E-state index in [4.69, 9.17) is 16.3 Å². The van der Waals surface area contributed by atoms with Crippen molar-refractivity contribution in [3.05, 3.63) is 53.1 Å². The molecule has 0 aromatic heterocycles. The maximum atomic E-state index is 12.7. The molecule has 2 bridgehead atoms. The lowest BCUT2D eigenvalue weighted by Gasteiger charge is -2.28. The summed E-state index contributed by atoms with van der Waals surface area (Å²) in [6.45, 7) is 1.45. The first-order chi connectivity index (χ1) is 16.1. The molecule has 1 amide bonds. The summed E-state index contributed by atoms with van der Waals surface area (Å²) in [4.78, 5) is 24.6. The van der Waals surface area contributed by atoms with E-state index in [9.17, 15) is 23.1 Å². The first-order valence-corrected chi connectivity index (χ1v) is 13.1. The molecule has 2 aromatic carbocycles. The third-order valence-electron chi connectivity index (χ3n) is 6.75. The molecule has 34 heavy (non-hydrogen) atoms. The van der Waals surface area contributed by atoms with Crippen LogP contribution in [-0.4, -0.2) is 38.0 Å². The van der Waals surface area contributed by atoms with E-state index in [1.807, 2.05) is 6.92 Å². The van der Waals surface area contributed by atoms with Gasteiger partial charge in [-0.25, -0.2) is 13.2 Å². The summed E-state index contributed by atoms with van der Waals surface area (Å²) in [6, 6.07) is 9.29. The number of halogens is 1. The molecule has 2 aromatic rings. The topological polar surface area (TPSA) is 122 Å². The highest BCUT2D eigenvalue weighted by molar-refractivity contribution is 7.92. The average Bonchev–Trinajstić information content (AvgIpc) is 3.43. The predicted molar refractivity (Wildman–Crippen MR) is 127 cm³/mol. The number of nitrogens with one attached hydrogen (secondary N) is 2. The van der Waals surface area contributed by atoms with Crippen molar-refractivity contribution in [1.82, 2.24) is 5.32 Å². The summed E-state index contributed by atoms with van der Waals surface area (Å²) in [6.07, 6.45) is 4.82. The van der Waals surface area contributed by atoms with Crippen molar-refractivity contribution in [2.75, 3.05) is 11.3 Å². The lowest BCUT2D eigenvalue weighted by atomic mass is 9.84. The molecule has 2 fully saturated rings. The van der Waals surface area contributed by atoms with E-state index in [2.05, 4.69) is 10.0 Å². The maximum absolute atomic E-state index is 12.7.